The standard InChI is InChI=1S/C24H31BrN2O4S/c1-3-31-22-13-15-23(16-14-22)32(29,30)27(21-7-5-4-6-8-21)17-24(28)26-18(2)19-9-11-20(25)12-10-19/h9-16,18,21H,3-8,17H2,1-2H3,(H,26,28). The lowest BCUT2D eigenvalue weighted by Gasteiger charge is -2.33. The molecule has 6 nitrogen and oxygen atoms in total. The molecule has 2 aromatic carbocycles. The van der Waals surface area contributed by atoms with Crippen molar-refractivity contribution < 1.29 is 17.9 Å². The third-order valence-corrected chi connectivity index (χ3v) is 8.21. The van der Waals surface area contributed by atoms with Crippen LogP contribution in [0.25, 0.3) is 0 Å². The van der Waals surface area contributed by atoms with Crippen molar-refractivity contribution in [3.05, 3.63) is 58.6 Å². The van der Waals surface area contributed by atoms with Gasteiger partial charge in [0.2, 0.25) is 15.9 Å². The predicted octanol–water partition coefficient (Wildman–Crippen LogP) is 5.05. The molecule has 0 aromatic heterocycles. The molecule has 8 heteroatoms. The SMILES string of the molecule is CCOc1ccc(S(=O)(=O)N(CC(=O)NC(C)c2ccc(Br)cc2)C2CCCCC2)cc1. The van der Waals surface area contributed by atoms with Crippen LogP contribution in [0.5, 0.6) is 5.75 Å². The molecule has 1 saturated carbocycles. The van der Waals surface area contributed by atoms with Gasteiger partial charge in [0.05, 0.1) is 24.1 Å². The number of sulfonamides is 1. The molecule has 0 bridgehead atoms. The van der Waals surface area contributed by atoms with Gasteiger partial charge in [0.15, 0.2) is 0 Å². The monoisotopic (exact) mass is 522 g/mol. The number of rotatable bonds is 9. The highest BCUT2D eigenvalue weighted by molar-refractivity contribution is 9.10. The third kappa shape index (κ3) is 6.33. The number of nitrogens with one attached hydrogen (secondary N) is 1. The first-order valence-corrected chi connectivity index (χ1v) is 13.3. The summed E-state index contributed by atoms with van der Waals surface area (Å²) in [5.41, 5.74) is 0.958. The van der Waals surface area contributed by atoms with Crippen molar-refractivity contribution in [2.75, 3.05) is 13.2 Å². The Morgan fingerprint density at radius 1 is 1.09 bits per heavy atom. The zero-order chi connectivity index (χ0) is 23.1. The molecule has 0 aliphatic heterocycles. The molecular formula is C24H31BrN2O4S. The Kier molecular flexibility index (Phi) is 8.73. The molecule has 0 saturated heterocycles. The highest BCUT2D eigenvalue weighted by atomic mass is 79.9. The second-order valence-electron chi connectivity index (χ2n) is 8.09. The van der Waals surface area contributed by atoms with E-state index in [4.69, 9.17) is 4.74 Å². The molecule has 1 atom stereocenters. The van der Waals surface area contributed by atoms with E-state index in [1.54, 1.807) is 24.3 Å². The van der Waals surface area contributed by atoms with E-state index in [1.165, 1.54) is 4.31 Å². The summed E-state index contributed by atoms with van der Waals surface area (Å²) in [7, 11) is -3.82. The largest absolute Gasteiger partial charge is 0.494 e. The predicted molar refractivity (Wildman–Crippen MR) is 129 cm³/mol. The van der Waals surface area contributed by atoms with Gasteiger partial charge in [0.1, 0.15) is 5.75 Å². The van der Waals surface area contributed by atoms with Crippen molar-refractivity contribution in [1.29, 1.82) is 0 Å². The van der Waals surface area contributed by atoms with Crippen LogP contribution in [0.15, 0.2) is 57.9 Å². The van der Waals surface area contributed by atoms with Crippen LogP contribution in [0.4, 0.5) is 0 Å². The molecule has 3 rings (SSSR count). The number of hydrogen-bond acceptors (Lipinski definition) is 4. The first-order chi connectivity index (χ1) is 15.3. The molecule has 1 fully saturated rings. The smallest absolute Gasteiger partial charge is 0.243 e. The van der Waals surface area contributed by atoms with E-state index in [0.717, 1.165) is 42.1 Å². The van der Waals surface area contributed by atoms with Gasteiger partial charge in [-0.3, -0.25) is 4.79 Å². The highest BCUT2D eigenvalue weighted by Crippen LogP contribution is 2.28. The minimum atomic E-state index is -3.82. The summed E-state index contributed by atoms with van der Waals surface area (Å²) in [5.74, 6) is 0.317. The van der Waals surface area contributed by atoms with Crippen LogP contribution in [0.1, 0.15) is 57.6 Å². The molecule has 1 N–H and O–H groups in total. The number of benzene rings is 2. The molecule has 1 amide bonds. The molecule has 1 aliphatic carbocycles. The lowest BCUT2D eigenvalue weighted by Crippen LogP contribution is -2.47. The van der Waals surface area contributed by atoms with Crippen LogP contribution in [-0.4, -0.2) is 37.8 Å². The summed E-state index contributed by atoms with van der Waals surface area (Å²) >= 11 is 3.41. The quantitative estimate of drug-likeness (QED) is 0.499. The first kappa shape index (κ1) is 24.7. The lowest BCUT2D eigenvalue weighted by molar-refractivity contribution is -0.122. The molecular weight excluding hydrogens is 492 g/mol. The van der Waals surface area contributed by atoms with Gasteiger partial charge in [0, 0.05) is 10.5 Å². The van der Waals surface area contributed by atoms with Crippen LogP contribution >= 0.6 is 15.9 Å². The summed E-state index contributed by atoms with van der Waals surface area (Å²) < 4.78 is 34.8. The molecule has 174 valence electrons. The number of ether oxygens (including phenoxy) is 1. The van der Waals surface area contributed by atoms with Gasteiger partial charge in [-0.05, 0) is 68.7 Å². The fraction of sp³-hybridized carbons (Fsp3) is 0.458. The zero-order valence-corrected chi connectivity index (χ0v) is 21.0. The molecule has 32 heavy (non-hydrogen) atoms. The Morgan fingerprint density at radius 2 is 1.72 bits per heavy atom. The Bertz CT molecular complexity index is 988. The Morgan fingerprint density at radius 3 is 2.31 bits per heavy atom. The van der Waals surface area contributed by atoms with Crippen molar-refractivity contribution >= 4 is 31.9 Å². The van der Waals surface area contributed by atoms with Crippen LogP contribution in [-0.2, 0) is 14.8 Å². The van der Waals surface area contributed by atoms with Gasteiger partial charge in [-0.25, -0.2) is 8.42 Å². The summed E-state index contributed by atoms with van der Waals surface area (Å²) in [4.78, 5) is 13.1. The normalized spacial score (nSPS) is 16.0. The molecule has 1 unspecified atom stereocenters. The first-order valence-electron chi connectivity index (χ1n) is 11.1. The number of hydrogen-bond donors (Lipinski definition) is 1. The van der Waals surface area contributed by atoms with Crippen molar-refractivity contribution in [3.8, 4) is 5.75 Å². The number of nitrogens with zero attached hydrogens (tertiary/aromatic N) is 1. The summed E-state index contributed by atoms with van der Waals surface area (Å²) in [6.45, 7) is 4.09. The van der Waals surface area contributed by atoms with E-state index in [0.29, 0.717) is 12.4 Å². The maximum atomic E-state index is 13.5. The summed E-state index contributed by atoms with van der Waals surface area (Å²) in [6.07, 6.45) is 4.58. The fourth-order valence-electron chi connectivity index (χ4n) is 4.05. The van der Waals surface area contributed by atoms with Crippen LogP contribution in [0.3, 0.4) is 0 Å². The third-order valence-electron chi connectivity index (χ3n) is 5.77. The van der Waals surface area contributed by atoms with E-state index >= 15 is 0 Å². The lowest BCUT2D eigenvalue weighted by atomic mass is 9.95. The van der Waals surface area contributed by atoms with Crippen molar-refractivity contribution in [2.24, 2.45) is 0 Å². The maximum absolute atomic E-state index is 13.5. The number of carbonyl (C=O) groups is 1. The van der Waals surface area contributed by atoms with Crippen molar-refractivity contribution in [2.45, 2.75) is 62.9 Å². The number of carbonyl (C=O) groups excluding carboxylic acids is 1. The van der Waals surface area contributed by atoms with Gasteiger partial charge < -0.3 is 10.1 Å². The van der Waals surface area contributed by atoms with Gasteiger partial charge in [-0.2, -0.15) is 4.31 Å². The Labute approximate surface area is 199 Å². The van der Waals surface area contributed by atoms with Gasteiger partial charge in [-0.1, -0.05) is 47.3 Å². The molecule has 0 spiro atoms. The second kappa shape index (κ2) is 11.3. The minimum Gasteiger partial charge on any atom is -0.494 e. The fourth-order valence-corrected chi connectivity index (χ4v) is 5.96. The highest BCUT2D eigenvalue weighted by Gasteiger charge is 2.34. The Balaban J connectivity index is 1.78. The van der Waals surface area contributed by atoms with Crippen LogP contribution < -0.4 is 10.1 Å². The van der Waals surface area contributed by atoms with Crippen LogP contribution in [0, 0.1) is 0 Å². The average Bonchev–Trinajstić information content (AvgIpc) is 2.79. The molecule has 0 radical (unpaired) electrons. The topological polar surface area (TPSA) is 75.7 Å². The van der Waals surface area contributed by atoms with E-state index in [9.17, 15) is 13.2 Å². The molecule has 1 aliphatic rings. The van der Waals surface area contributed by atoms with E-state index in [2.05, 4.69) is 21.2 Å². The number of amides is 1. The average molecular weight is 523 g/mol. The van der Waals surface area contributed by atoms with E-state index in [1.807, 2.05) is 38.1 Å². The minimum absolute atomic E-state index is 0.172. The zero-order valence-electron chi connectivity index (χ0n) is 18.6. The second-order valence-corrected chi connectivity index (χ2v) is 10.9. The Hall–Kier alpha value is -1.90. The van der Waals surface area contributed by atoms with Crippen LogP contribution in [0.2, 0.25) is 0 Å². The van der Waals surface area contributed by atoms with Gasteiger partial charge >= 0.3 is 0 Å². The van der Waals surface area contributed by atoms with Crippen molar-refractivity contribution in [1.82, 2.24) is 9.62 Å². The summed E-state index contributed by atoms with van der Waals surface area (Å²) in [5, 5.41) is 2.95. The van der Waals surface area contributed by atoms with E-state index in [-0.39, 0.29) is 29.4 Å². The maximum Gasteiger partial charge on any atom is 0.243 e. The molecule has 2 aromatic rings. The van der Waals surface area contributed by atoms with E-state index < -0.39 is 10.0 Å². The summed E-state index contributed by atoms with van der Waals surface area (Å²) in [6, 6.07) is 13.7. The molecule has 0 heterocycles. The number of halogens is 1. The van der Waals surface area contributed by atoms with Gasteiger partial charge in [-0.15, -0.1) is 0 Å². The van der Waals surface area contributed by atoms with Crippen molar-refractivity contribution in [3.63, 3.8) is 0 Å². The van der Waals surface area contributed by atoms with Gasteiger partial charge in [0.25, 0.3) is 0 Å².